The van der Waals surface area contributed by atoms with Crippen molar-refractivity contribution in [3.63, 3.8) is 0 Å². The maximum Gasteiger partial charge on any atom is 0.329 e. The Kier molecular flexibility index (Phi) is 5.31. The fourth-order valence-electron chi connectivity index (χ4n) is 4.89. The summed E-state index contributed by atoms with van der Waals surface area (Å²) in [7, 11) is 2.18. The van der Waals surface area contributed by atoms with Gasteiger partial charge < -0.3 is 4.90 Å². The molecule has 3 atom stereocenters. The number of carbonyl (C=O) groups excluding carboxylic acids is 1. The molecule has 12 heteroatoms. The van der Waals surface area contributed by atoms with Crippen LogP contribution in [0.4, 0.5) is 32.5 Å². The summed E-state index contributed by atoms with van der Waals surface area (Å²) in [4.78, 5) is 30.6. The summed E-state index contributed by atoms with van der Waals surface area (Å²) < 4.78 is 14.8. The number of pyridine rings is 1. The van der Waals surface area contributed by atoms with Gasteiger partial charge in [-0.2, -0.15) is 4.98 Å². The molecule has 2 bridgehead atoms. The molecule has 37 heavy (non-hydrogen) atoms. The lowest BCUT2D eigenvalue weighted by atomic mass is 9.96. The number of urea groups is 1. The molecule has 0 aliphatic carbocycles. The van der Waals surface area contributed by atoms with Crippen molar-refractivity contribution in [1.82, 2.24) is 15.0 Å². The Labute approximate surface area is 215 Å². The van der Waals surface area contributed by atoms with E-state index in [1.165, 1.54) is 13.1 Å². The number of rotatable bonds is 5. The van der Waals surface area contributed by atoms with E-state index in [1.807, 2.05) is 30.3 Å². The third-order valence-corrected chi connectivity index (χ3v) is 7.19. The minimum Gasteiger partial charge on any atom is -0.366 e. The molecule has 5 heterocycles. The second kappa shape index (κ2) is 8.46. The summed E-state index contributed by atoms with van der Waals surface area (Å²) in [6.07, 6.45) is 7.59. The largest absolute Gasteiger partial charge is 0.366 e. The van der Waals surface area contributed by atoms with Gasteiger partial charge in [-0.05, 0) is 37.6 Å². The molecule has 2 unspecified atom stereocenters. The fourth-order valence-corrected chi connectivity index (χ4v) is 5.18. The van der Waals surface area contributed by atoms with Crippen molar-refractivity contribution in [3.05, 3.63) is 54.2 Å². The maximum absolute atomic E-state index is 14.8. The number of nitrogens with one attached hydrogen (secondary N) is 2. The molecule has 10 nitrogen and oxygen atoms in total. The van der Waals surface area contributed by atoms with Crippen molar-refractivity contribution >= 4 is 38.5 Å². The number of amides is 2. The monoisotopic (exact) mass is 515 g/mol. The number of alkyl halides is 1. The number of fused-ring (bicyclic) bond motifs is 4. The molecule has 2 aromatic heterocycles. The van der Waals surface area contributed by atoms with E-state index in [9.17, 15) is 9.18 Å². The first-order valence-corrected chi connectivity index (χ1v) is 12.3. The quantitative estimate of drug-likeness (QED) is 0.297. The van der Waals surface area contributed by atoms with Crippen LogP contribution < -0.4 is 20.4 Å². The number of hydrogen-bond donors (Lipinski definition) is 2. The highest BCUT2D eigenvalue weighted by Crippen LogP contribution is 2.54. The van der Waals surface area contributed by atoms with E-state index in [2.05, 4.69) is 51.0 Å². The van der Waals surface area contributed by atoms with E-state index in [0.29, 0.717) is 22.9 Å². The highest BCUT2D eigenvalue weighted by Gasteiger charge is 2.56. The van der Waals surface area contributed by atoms with E-state index >= 15 is 0 Å². The molecule has 186 valence electrons. The average molecular weight is 515 g/mol. The van der Waals surface area contributed by atoms with Crippen molar-refractivity contribution in [2.45, 2.75) is 30.5 Å². The zero-order valence-corrected chi connectivity index (χ0v) is 21.0. The lowest BCUT2D eigenvalue weighted by molar-refractivity contribution is 0.233. The second-order valence-corrected chi connectivity index (χ2v) is 10.4. The Morgan fingerprint density at radius 1 is 1.27 bits per heavy atom. The van der Waals surface area contributed by atoms with Crippen LogP contribution in [0.2, 0.25) is 0 Å². The molecule has 0 saturated carbocycles. The first-order chi connectivity index (χ1) is 17.8. The van der Waals surface area contributed by atoms with Crippen LogP contribution in [-0.2, 0) is 5.66 Å². The van der Waals surface area contributed by atoms with Crippen LogP contribution in [-0.4, -0.2) is 45.5 Å². The lowest BCUT2D eigenvalue weighted by Crippen LogP contribution is -2.48. The number of carbonyl (C=O) groups is 1. The van der Waals surface area contributed by atoms with E-state index in [0.717, 1.165) is 30.8 Å². The smallest absolute Gasteiger partial charge is 0.329 e. The first-order valence-electron chi connectivity index (χ1n) is 11.7. The molecule has 0 spiro atoms. The number of terminal acetylenes is 1. The Hall–Kier alpha value is -4.16. The number of aromatic nitrogens is 3. The van der Waals surface area contributed by atoms with Gasteiger partial charge in [0, 0.05) is 36.5 Å². The summed E-state index contributed by atoms with van der Waals surface area (Å²) >= 11 is 0. The van der Waals surface area contributed by atoms with Gasteiger partial charge in [0.2, 0.25) is 5.95 Å². The van der Waals surface area contributed by atoms with Gasteiger partial charge >= 0.3 is 6.03 Å². The Balaban J connectivity index is 1.34. The predicted molar refractivity (Wildman–Crippen MR) is 142 cm³/mol. The van der Waals surface area contributed by atoms with E-state index in [4.69, 9.17) is 11.4 Å². The van der Waals surface area contributed by atoms with Crippen molar-refractivity contribution < 1.29 is 9.18 Å². The topological polar surface area (TPSA) is 111 Å². The molecule has 3 aromatic rings. The summed E-state index contributed by atoms with van der Waals surface area (Å²) in [5, 5.41) is 11.7. The van der Waals surface area contributed by atoms with Crippen molar-refractivity contribution in [2.24, 2.45) is 10.2 Å². The van der Waals surface area contributed by atoms with Crippen LogP contribution in [0.15, 0.2) is 58.9 Å². The Morgan fingerprint density at radius 3 is 2.86 bits per heavy atom. The van der Waals surface area contributed by atoms with Crippen LogP contribution in [0.25, 0.3) is 11.3 Å². The van der Waals surface area contributed by atoms with Gasteiger partial charge in [0.25, 0.3) is 5.66 Å². The second-order valence-electron chi connectivity index (χ2n) is 9.29. The van der Waals surface area contributed by atoms with E-state index in [1.54, 1.807) is 17.0 Å². The van der Waals surface area contributed by atoms with Crippen LogP contribution in [0.1, 0.15) is 18.9 Å². The molecule has 2 N–H and O–H groups in total. The third-order valence-electron chi connectivity index (χ3n) is 6.79. The van der Waals surface area contributed by atoms with Crippen LogP contribution in [0.5, 0.6) is 0 Å². The normalized spacial score (nSPS) is 20.0. The average Bonchev–Trinajstić information content (AvgIpc) is 3.61. The van der Waals surface area contributed by atoms with Crippen molar-refractivity contribution in [2.75, 3.05) is 33.5 Å². The molecule has 1 aromatic carbocycles. The predicted octanol–water partition coefficient (Wildman–Crippen LogP) is 4.35. The molecular formula is C25H23FN9OP. The molecule has 6 rings (SSSR count). The van der Waals surface area contributed by atoms with Crippen molar-refractivity contribution in [3.8, 4) is 23.7 Å². The minimum absolute atomic E-state index is 0.0385. The van der Waals surface area contributed by atoms with Gasteiger partial charge in [0.1, 0.15) is 5.82 Å². The summed E-state index contributed by atoms with van der Waals surface area (Å²) in [5.41, 5.74) is 1.72. The van der Waals surface area contributed by atoms with Gasteiger partial charge in [-0.3, -0.25) is 15.5 Å². The summed E-state index contributed by atoms with van der Waals surface area (Å²) in [5.74, 6) is 1.09. The summed E-state index contributed by atoms with van der Waals surface area (Å²) in [6.45, 7) is 2.99. The number of halogens is 1. The number of anilines is 4. The lowest BCUT2D eigenvalue weighted by Gasteiger charge is -2.35. The molecular weight excluding hydrogens is 492 g/mol. The number of benzene rings is 1. The van der Waals surface area contributed by atoms with E-state index < -0.39 is 11.1 Å². The highest BCUT2D eigenvalue weighted by molar-refractivity contribution is 7.18. The molecule has 3 aliphatic rings. The fraction of sp³-hybridized carbons (Fsp3) is 0.280. The minimum atomic E-state index is -1.72. The van der Waals surface area contributed by atoms with E-state index in [-0.39, 0.29) is 18.0 Å². The SMILES string of the molecule is C#CNc1nccc(NC(=O)N2c3nc(-c4cccc(C5(C(C)(F)P)N=N5)c4)ccc3N3CC[C@H]2C3)n1. The van der Waals surface area contributed by atoms with Gasteiger partial charge in [0.15, 0.2) is 11.2 Å². The van der Waals surface area contributed by atoms with Gasteiger partial charge in [-0.25, -0.2) is 19.2 Å². The molecule has 1 fully saturated rings. The molecule has 3 aliphatic heterocycles. The zero-order valence-electron chi connectivity index (χ0n) is 19.9. The Morgan fingerprint density at radius 2 is 2.11 bits per heavy atom. The van der Waals surface area contributed by atoms with Crippen LogP contribution in [0.3, 0.4) is 0 Å². The van der Waals surface area contributed by atoms with Crippen LogP contribution >= 0.6 is 9.24 Å². The molecule has 2 amide bonds. The highest BCUT2D eigenvalue weighted by atomic mass is 31.0. The standard InChI is InChI=1S/C25H23FN9OP/c1-3-27-22-28-11-9-20(30-22)31-23(36)35-17-10-12-34(14-17)19-8-7-18(29-21(19)35)15-5-4-6-16(13-15)25(32-33-25)24(2,26)37/h1,4-9,11,13,17H,10,12,14,37H2,2H3,(H2,27,28,30,31,36)/t17-,24?/m0/s1. The maximum atomic E-state index is 14.8. The van der Waals surface area contributed by atoms with Crippen LogP contribution in [0, 0.1) is 12.5 Å². The number of nitrogens with zero attached hydrogens (tertiary/aromatic N) is 7. The van der Waals surface area contributed by atoms with Gasteiger partial charge in [-0.1, -0.05) is 33.9 Å². The third kappa shape index (κ3) is 3.94. The van der Waals surface area contributed by atoms with Crippen molar-refractivity contribution in [1.29, 1.82) is 0 Å². The van der Waals surface area contributed by atoms with Gasteiger partial charge in [-0.15, -0.1) is 10.2 Å². The first kappa shape index (κ1) is 23.3. The number of hydrogen-bond acceptors (Lipinski definition) is 8. The molecule has 1 saturated heterocycles. The van der Waals surface area contributed by atoms with Gasteiger partial charge in [0.05, 0.1) is 17.4 Å². The Bertz CT molecular complexity index is 1480. The molecule has 0 radical (unpaired) electrons. The summed E-state index contributed by atoms with van der Waals surface area (Å²) in [6, 6.07) is 14.7. The zero-order chi connectivity index (χ0) is 25.8.